The monoisotopic (exact) mass is 327 g/mol. The van der Waals surface area contributed by atoms with Crippen LogP contribution in [0.1, 0.15) is 37.6 Å². The molecule has 0 saturated heterocycles. The third-order valence-electron chi connectivity index (χ3n) is 3.34. The number of carbonyl (C=O) groups excluding carboxylic acids is 2. The van der Waals surface area contributed by atoms with Gasteiger partial charge in [0, 0.05) is 36.7 Å². The molecule has 1 heterocycles. The highest BCUT2D eigenvalue weighted by Crippen LogP contribution is 2.16. The van der Waals surface area contributed by atoms with Gasteiger partial charge in [0.2, 0.25) is 11.9 Å². The van der Waals surface area contributed by atoms with Gasteiger partial charge in [0.25, 0.3) is 5.91 Å². The van der Waals surface area contributed by atoms with Crippen LogP contribution in [-0.2, 0) is 4.79 Å². The van der Waals surface area contributed by atoms with E-state index in [9.17, 15) is 9.59 Å². The molecule has 0 spiro atoms. The van der Waals surface area contributed by atoms with Crippen LogP contribution in [0.15, 0.2) is 36.7 Å². The van der Waals surface area contributed by atoms with Crippen molar-refractivity contribution in [2.24, 2.45) is 0 Å². The molecule has 0 aliphatic heterocycles. The second-order valence-corrected chi connectivity index (χ2v) is 5.47. The lowest BCUT2D eigenvalue weighted by Gasteiger charge is -2.11. The number of rotatable bonds is 6. The summed E-state index contributed by atoms with van der Waals surface area (Å²) in [6.07, 6.45) is 3.91. The molecule has 2 aromatic rings. The summed E-state index contributed by atoms with van der Waals surface area (Å²) in [7, 11) is 0. The van der Waals surface area contributed by atoms with Crippen molar-refractivity contribution in [1.82, 2.24) is 9.97 Å². The van der Waals surface area contributed by atoms with Gasteiger partial charge in [-0.3, -0.25) is 9.59 Å². The second kappa shape index (κ2) is 8.05. The van der Waals surface area contributed by atoms with Crippen molar-refractivity contribution in [3.05, 3.63) is 42.2 Å². The van der Waals surface area contributed by atoms with E-state index >= 15 is 0 Å². The van der Waals surface area contributed by atoms with Gasteiger partial charge in [-0.1, -0.05) is 13.0 Å². The Labute approximate surface area is 140 Å². The van der Waals surface area contributed by atoms with Crippen LogP contribution in [-0.4, -0.2) is 27.8 Å². The molecule has 1 aromatic carbocycles. The van der Waals surface area contributed by atoms with Crippen molar-refractivity contribution in [2.75, 3.05) is 16.0 Å². The third kappa shape index (κ3) is 5.05. The molecule has 3 N–H and O–H groups in total. The van der Waals surface area contributed by atoms with Gasteiger partial charge in [-0.2, -0.15) is 0 Å². The van der Waals surface area contributed by atoms with Crippen LogP contribution in [0.3, 0.4) is 0 Å². The van der Waals surface area contributed by atoms with Crippen molar-refractivity contribution >= 4 is 29.1 Å². The molecular formula is C17H21N5O2. The molecule has 2 rings (SSSR count). The summed E-state index contributed by atoms with van der Waals surface area (Å²) in [6.45, 7) is 5.53. The molecular weight excluding hydrogens is 306 g/mol. The number of benzene rings is 1. The van der Waals surface area contributed by atoms with Gasteiger partial charge in [0.05, 0.1) is 5.56 Å². The first-order valence-corrected chi connectivity index (χ1v) is 7.75. The van der Waals surface area contributed by atoms with Crippen molar-refractivity contribution in [2.45, 2.75) is 33.2 Å². The van der Waals surface area contributed by atoms with Crippen LogP contribution in [0.5, 0.6) is 0 Å². The summed E-state index contributed by atoms with van der Waals surface area (Å²) in [5.41, 5.74) is 1.55. The van der Waals surface area contributed by atoms with Crippen LogP contribution >= 0.6 is 0 Å². The number of hydrogen-bond donors (Lipinski definition) is 3. The van der Waals surface area contributed by atoms with Gasteiger partial charge in [-0.05, 0) is 31.5 Å². The van der Waals surface area contributed by atoms with Crippen LogP contribution in [0, 0.1) is 0 Å². The fraction of sp³-hybridized carbons (Fsp3) is 0.294. The van der Waals surface area contributed by atoms with Crippen LogP contribution < -0.4 is 16.0 Å². The molecule has 24 heavy (non-hydrogen) atoms. The fourth-order valence-electron chi connectivity index (χ4n) is 1.92. The van der Waals surface area contributed by atoms with E-state index in [1.54, 1.807) is 24.3 Å². The first kappa shape index (κ1) is 17.4. The van der Waals surface area contributed by atoms with E-state index in [1.807, 2.05) is 6.92 Å². The lowest BCUT2D eigenvalue weighted by Crippen LogP contribution is -2.17. The van der Waals surface area contributed by atoms with E-state index in [1.165, 1.54) is 19.3 Å². The van der Waals surface area contributed by atoms with Gasteiger partial charge in [0.1, 0.15) is 0 Å². The lowest BCUT2D eigenvalue weighted by atomic mass is 10.2. The highest BCUT2D eigenvalue weighted by molar-refractivity contribution is 6.04. The van der Waals surface area contributed by atoms with Gasteiger partial charge < -0.3 is 16.0 Å². The molecule has 1 atom stereocenters. The molecule has 0 aliphatic carbocycles. The smallest absolute Gasteiger partial charge is 0.258 e. The average molecular weight is 327 g/mol. The van der Waals surface area contributed by atoms with E-state index < -0.39 is 0 Å². The van der Waals surface area contributed by atoms with E-state index in [2.05, 4.69) is 32.8 Å². The quantitative estimate of drug-likeness (QED) is 0.758. The van der Waals surface area contributed by atoms with Gasteiger partial charge >= 0.3 is 0 Å². The molecule has 0 bridgehead atoms. The summed E-state index contributed by atoms with van der Waals surface area (Å²) in [6, 6.07) is 7.18. The van der Waals surface area contributed by atoms with Crippen molar-refractivity contribution in [3.63, 3.8) is 0 Å². The van der Waals surface area contributed by atoms with E-state index in [0.29, 0.717) is 22.9 Å². The Morgan fingerprint density at radius 1 is 1.12 bits per heavy atom. The number of hydrogen-bond acceptors (Lipinski definition) is 5. The minimum absolute atomic E-state index is 0.170. The zero-order chi connectivity index (χ0) is 17.5. The lowest BCUT2D eigenvalue weighted by molar-refractivity contribution is -0.114. The van der Waals surface area contributed by atoms with Crippen LogP contribution in [0.2, 0.25) is 0 Å². The molecule has 0 saturated carbocycles. The van der Waals surface area contributed by atoms with Crippen LogP contribution in [0.4, 0.5) is 17.3 Å². The number of carbonyl (C=O) groups is 2. The number of nitrogens with one attached hydrogen (secondary N) is 3. The Hall–Kier alpha value is -2.96. The summed E-state index contributed by atoms with van der Waals surface area (Å²) >= 11 is 0. The average Bonchev–Trinajstić information content (AvgIpc) is 2.55. The number of amides is 2. The predicted molar refractivity (Wildman–Crippen MR) is 94.1 cm³/mol. The molecule has 0 radical (unpaired) electrons. The topological polar surface area (TPSA) is 96.0 Å². The Balaban J connectivity index is 2.03. The normalized spacial score (nSPS) is 11.5. The molecule has 126 valence electrons. The summed E-state index contributed by atoms with van der Waals surface area (Å²) in [4.78, 5) is 31.6. The third-order valence-corrected chi connectivity index (χ3v) is 3.34. The summed E-state index contributed by atoms with van der Waals surface area (Å²) in [5, 5.41) is 8.56. The SMILES string of the molecule is CCC(C)Nc1ncc(C(=O)Nc2cccc(NC(C)=O)c2)cn1. The largest absolute Gasteiger partial charge is 0.352 e. The highest BCUT2D eigenvalue weighted by atomic mass is 16.2. The zero-order valence-electron chi connectivity index (χ0n) is 14.0. The van der Waals surface area contributed by atoms with Gasteiger partial charge in [-0.15, -0.1) is 0 Å². The Morgan fingerprint density at radius 3 is 2.33 bits per heavy atom. The predicted octanol–water partition coefficient (Wildman–Crippen LogP) is 2.90. The van der Waals surface area contributed by atoms with Crippen LogP contribution in [0.25, 0.3) is 0 Å². The molecule has 1 unspecified atom stereocenters. The van der Waals surface area contributed by atoms with Crippen molar-refractivity contribution < 1.29 is 9.59 Å². The van der Waals surface area contributed by atoms with Gasteiger partial charge in [-0.25, -0.2) is 9.97 Å². The molecule has 1 aromatic heterocycles. The molecule has 7 nitrogen and oxygen atoms in total. The molecule has 2 amide bonds. The number of nitrogens with zero attached hydrogens (tertiary/aromatic N) is 2. The standard InChI is InChI=1S/C17H21N5O2/c1-4-11(2)20-17-18-9-13(10-19-17)16(24)22-15-7-5-6-14(8-15)21-12(3)23/h5-11H,4H2,1-3H3,(H,21,23)(H,22,24)(H,18,19,20). The minimum Gasteiger partial charge on any atom is -0.352 e. The Kier molecular flexibility index (Phi) is 5.83. The Bertz CT molecular complexity index is 715. The minimum atomic E-state index is -0.315. The maximum Gasteiger partial charge on any atom is 0.258 e. The second-order valence-electron chi connectivity index (χ2n) is 5.47. The molecule has 0 aliphatic rings. The van der Waals surface area contributed by atoms with Crippen molar-refractivity contribution in [1.29, 1.82) is 0 Å². The summed E-state index contributed by atoms with van der Waals surface area (Å²) < 4.78 is 0. The number of anilines is 3. The Morgan fingerprint density at radius 2 is 1.75 bits per heavy atom. The fourth-order valence-corrected chi connectivity index (χ4v) is 1.92. The van der Waals surface area contributed by atoms with E-state index in [-0.39, 0.29) is 17.9 Å². The van der Waals surface area contributed by atoms with Crippen molar-refractivity contribution in [3.8, 4) is 0 Å². The van der Waals surface area contributed by atoms with E-state index in [0.717, 1.165) is 6.42 Å². The van der Waals surface area contributed by atoms with Gasteiger partial charge in [0.15, 0.2) is 0 Å². The molecule has 0 fully saturated rings. The zero-order valence-corrected chi connectivity index (χ0v) is 14.0. The molecule has 7 heteroatoms. The summed E-state index contributed by atoms with van der Waals surface area (Å²) in [5.74, 6) is 0.00916. The first-order valence-electron chi connectivity index (χ1n) is 7.75. The number of aromatic nitrogens is 2. The maximum atomic E-state index is 12.2. The maximum absolute atomic E-state index is 12.2. The van der Waals surface area contributed by atoms with E-state index in [4.69, 9.17) is 0 Å². The first-order chi connectivity index (χ1) is 11.5. The highest BCUT2D eigenvalue weighted by Gasteiger charge is 2.09.